The molecular weight excluding hydrogens is 324 g/mol. The van der Waals surface area contributed by atoms with Gasteiger partial charge in [-0.25, -0.2) is 4.79 Å². The molecule has 7 heteroatoms. The van der Waals surface area contributed by atoms with Gasteiger partial charge in [0.05, 0.1) is 18.3 Å². The van der Waals surface area contributed by atoms with E-state index in [-0.39, 0.29) is 17.4 Å². The van der Waals surface area contributed by atoms with E-state index < -0.39 is 18.4 Å². The molecule has 0 bridgehead atoms. The van der Waals surface area contributed by atoms with Gasteiger partial charge < -0.3 is 20.3 Å². The average molecular weight is 348 g/mol. The molecule has 2 heterocycles. The largest absolute Gasteiger partial charge is 0.465 e. The number of carbonyl (C=O) groups is 2. The van der Waals surface area contributed by atoms with Crippen LogP contribution in [0.3, 0.4) is 0 Å². The highest BCUT2D eigenvalue weighted by molar-refractivity contribution is 5.97. The van der Waals surface area contributed by atoms with Gasteiger partial charge in [0.2, 0.25) is 0 Å². The number of aliphatic hydroxyl groups excluding tert-OH is 1. The number of hydrogen-bond acceptors (Lipinski definition) is 4. The molecule has 0 saturated carbocycles. The van der Waals surface area contributed by atoms with Gasteiger partial charge >= 0.3 is 6.09 Å². The third kappa shape index (κ3) is 3.34. The molecule has 0 aromatic heterocycles. The van der Waals surface area contributed by atoms with Crippen LogP contribution in [0.5, 0.6) is 0 Å². The van der Waals surface area contributed by atoms with Gasteiger partial charge in [-0.1, -0.05) is 20.8 Å². The van der Waals surface area contributed by atoms with Gasteiger partial charge in [-0.2, -0.15) is 0 Å². The van der Waals surface area contributed by atoms with Crippen molar-refractivity contribution in [2.24, 2.45) is 5.41 Å². The van der Waals surface area contributed by atoms with E-state index in [1.165, 1.54) is 4.90 Å². The Bertz CT molecular complexity index is 697. The molecule has 0 aliphatic carbocycles. The van der Waals surface area contributed by atoms with Crippen LogP contribution in [-0.4, -0.2) is 47.2 Å². The lowest BCUT2D eigenvalue weighted by molar-refractivity contribution is -0.0704. The van der Waals surface area contributed by atoms with Crippen molar-refractivity contribution in [2.75, 3.05) is 11.5 Å². The number of amides is 2. The first-order chi connectivity index (χ1) is 11.7. The molecule has 2 unspecified atom stereocenters. The number of rotatable bonds is 2. The molecule has 3 rings (SSSR count). The van der Waals surface area contributed by atoms with Gasteiger partial charge in [0.1, 0.15) is 0 Å². The molecule has 2 aliphatic rings. The number of benzene rings is 1. The SMILES string of the molecule is CC(C)(C)C1Cc2cc(C(=O)N[C@H]3CCOC3O)ccc2N1C(=O)O. The fourth-order valence-corrected chi connectivity index (χ4v) is 3.49. The molecule has 1 aromatic rings. The van der Waals surface area contributed by atoms with E-state index in [0.29, 0.717) is 30.7 Å². The van der Waals surface area contributed by atoms with Crippen molar-refractivity contribution in [3.8, 4) is 0 Å². The van der Waals surface area contributed by atoms with Crippen LogP contribution in [0, 0.1) is 5.41 Å². The highest BCUT2D eigenvalue weighted by atomic mass is 16.6. The molecule has 2 aliphatic heterocycles. The van der Waals surface area contributed by atoms with E-state index in [4.69, 9.17) is 4.74 Å². The van der Waals surface area contributed by atoms with Crippen LogP contribution >= 0.6 is 0 Å². The zero-order valence-electron chi connectivity index (χ0n) is 14.7. The summed E-state index contributed by atoms with van der Waals surface area (Å²) in [5.41, 5.74) is 1.72. The number of ether oxygens (including phenoxy) is 1. The maximum absolute atomic E-state index is 12.4. The molecule has 3 N–H and O–H groups in total. The summed E-state index contributed by atoms with van der Waals surface area (Å²) in [6, 6.07) is 4.46. The summed E-state index contributed by atoms with van der Waals surface area (Å²) in [5.74, 6) is -0.293. The predicted molar refractivity (Wildman–Crippen MR) is 91.7 cm³/mol. The molecule has 1 saturated heterocycles. The van der Waals surface area contributed by atoms with E-state index in [1.807, 2.05) is 20.8 Å². The van der Waals surface area contributed by atoms with Crippen molar-refractivity contribution in [3.05, 3.63) is 29.3 Å². The number of nitrogens with one attached hydrogen (secondary N) is 1. The Morgan fingerprint density at radius 3 is 2.60 bits per heavy atom. The van der Waals surface area contributed by atoms with E-state index in [0.717, 1.165) is 5.56 Å². The van der Waals surface area contributed by atoms with Gasteiger partial charge in [0.25, 0.3) is 5.91 Å². The Balaban J connectivity index is 1.84. The van der Waals surface area contributed by atoms with Crippen LogP contribution in [0.2, 0.25) is 0 Å². The van der Waals surface area contributed by atoms with Crippen molar-refractivity contribution in [1.82, 2.24) is 5.32 Å². The highest BCUT2D eigenvalue weighted by Crippen LogP contribution is 2.40. The Labute approximate surface area is 146 Å². The zero-order valence-corrected chi connectivity index (χ0v) is 14.7. The van der Waals surface area contributed by atoms with E-state index in [1.54, 1.807) is 18.2 Å². The van der Waals surface area contributed by atoms with Gasteiger partial charge in [0.15, 0.2) is 6.29 Å². The Kier molecular flexibility index (Phi) is 4.47. The first-order valence-electron chi connectivity index (χ1n) is 8.44. The Hall–Kier alpha value is -2.12. The third-order valence-electron chi connectivity index (χ3n) is 4.91. The minimum absolute atomic E-state index is 0.177. The summed E-state index contributed by atoms with van der Waals surface area (Å²) in [6.07, 6.45) is -0.828. The number of aliphatic hydroxyl groups is 1. The standard InChI is InChI=1S/C18H24N2O5/c1-18(2,3)14-9-11-8-10(4-5-13(11)20(14)17(23)24)15(21)19-12-6-7-25-16(12)22/h4-5,8,12,14,16,22H,6-7,9H2,1-3H3,(H,19,21)(H,23,24)/t12-,14?,16?/m0/s1. The third-order valence-corrected chi connectivity index (χ3v) is 4.91. The summed E-state index contributed by atoms with van der Waals surface area (Å²) in [6.45, 7) is 6.44. The second-order valence-corrected chi connectivity index (χ2v) is 7.71. The number of anilines is 1. The van der Waals surface area contributed by atoms with Gasteiger partial charge in [-0.3, -0.25) is 9.69 Å². The summed E-state index contributed by atoms with van der Waals surface area (Å²) in [7, 11) is 0. The van der Waals surface area contributed by atoms with Gasteiger partial charge in [-0.05, 0) is 42.0 Å². The normalized spacial score (nSPS) is 25.8. The summed E-state index contributed by atoms with van der Waals surface area (Å²) < 4.78 is 5.04. The maximum Gasteiger partial charge on any atom is 0.412 e. The van der Waals surface area contributed by atoms with Crippen LogP contribution in [-0.2, 0) is 11.2 Å². The van der Waals surface area contributed by atoms with Gasteiger partial charge in [0, 0.05) is 11.6 Å². The first-order valence-corrected chi connectivity index (χ1v) is 8.44. The second-order valence-electron chi connectivity index (χ2n) is 7.71. The smallest absolute Gasteiger partial charge is 0.412 e. The van der Waals surface area contributed by atoms with Crippen molar-refractivity contribution in [1.29, 1.82) is 0 Å². The summed E-state index contributed by atoms with van der Waals surface area (Å²) in [4.78, 5) is 25.5. The lowest BCUT2D eigenvalue weighted by atomic mass is 9.84. The molecule has 3 atom stereocenters. The number of nitrogens with zero attached hydrogens (tertiary/aromatic N) is 1. The first kappa shape index (κ1) is 17.7. The van der Waals surface area contributed by atoms with Crippen molar-refractivity contribution >= 4 is 17.7 Å². The monoisotopic (exact) mass is 348 g/mol. The summed E-state index contributed by atoms with van der Waals surface area (Å²) in [5, 5.41) is 22.0. The molecule has 136 valence electrons. The maximum atomic E-state index is 12.4. The van der Waals surface area contributed by atoms with E-state index in [9.17, 15) is 19.8 Å². The predicted octanol–water partition coefficient (Wildman–Crippen LogP) is 1.98. The topological polar surface area (TPSA) is 99.1 Å². The molecular formula is C18H24N2O5. The number of carboxylic acid groups (broad SMARTS) is 1. The fraction of sp³-hybridized carbons (Fsp3) is 0.556. The van der Waals surface area contributed by atoms with E-state index in [2.05, 4.69) is 5.32 Å². The van der Waals surface area contributed by atoms with E-state index >= 15 is 0 Å². The van der Waals surface area contributed by atoms with Crippen LogP contribution in [0.25, 0.3) is 0 Å². The molecule has 2 amide bonds. The van der Waals surface area contributed by atoms with Crippen molar-refractivity contribution < 1.29 is 24.5 Å². The number of hydrogen-bond donors (Lipinski definition) is 3. The lowest BCUT2D eigenvalue weighted by Crippen LogP contribution is -2.44. The molecule has 25 heavy (non-hydrogen) atoms. The summed E-state index contributed by atoms with van der Waals surface area (Å²) >= 11 is 0. The highest BCUT2D eigenvalue weighted by Gasteiger charge is 2.41. The zero-order chi connectivity index (χ0) is 18.4. The molecule has 0 spiro atoms. The van der Waals surface area contributed by atoms with Crippen LogP contribution in [0.15, 0.2) is 18.2 Å². The number of carbonyl (C=O) groups excluding carboxylic acids is 1. The van der Waals surface area contributed by atoms with Crippen molar-refractivity contribution in [3.63, 3.8) is 0 Å². The van der Waals surface area contributed by atoms with Crippen LogP contribution < -0.4 is 10.2 Å². The molecule has 0 radical (unpaired) electrons. The fourth-order valence-electron chi connectivity index (χ4n) is 3.49. The quantitative estimate of drug-likeness (QED) is 0.759. The minimum Gasteiger partial charge on any atom is -0.465 e. The minimum atomic E-state index is -0.984. The molecule has 7 nitrogen and oxygen atoms in total. The average Bonchev–Trinajstić information content (AvgIpc) is 3.10. The second kappa shape index (κ2) is 6.31. The number of fused-ring (bicyclic) bond motifs is 1. The Morgan fingerprint density at radius 2 is 2.04 bits per heavy atom. The molecule has 1 fully saturated rings. The lowest BCUT2D eigenvalue weighted by Gasteiger charge is -2.33. The van der Waals surface area contributed by atoms with Crippen LogP contribution in [0.1, 0.15) is 43.1 Å². The molecule has 1 aromatic carbocycles. The van der Waals surface area contributed by atoms with Crippen LogP contribution in [0.4, 0.5) is 10.5 Å². The Morgan fingerprint density at radius 1 is 1.32 bits per heavy atom. The van der Waals surface area contributed by atoms with Crippen molar-refractivity contribution in [2.45, 2.75) is 52.0 Å². The van der Waals surface area contributed by atoms with Gasteiger partial charge in [-0.15, -0.1) is 0 Å².